The van der Waals surface area contributed by atoms with Crippen LogP contribution in [0.25, 0.3) is 0 Å². The van der Waals surface area contributed by atoms with Gasteiger partial charge in [0.25, 0.3) is 0 Å². The normalized spacial score (nSPS) is 44.2. The van der Waals surface area contributed by atoms with Crippen molar-refractivity contribution < 1.29 is 9.59 Å². The van der Waals surface area contributed by atoms with Crippen LogP contribution >= 0.6 is 0 Å². The second-order valence-electron chi connectivity index (χ2n) is 12.4. The third kappa shape index (κ3) is 2.83. The standard InChI is InChI=1S/C30H40O2/c1-18-13-14-28(4,21-15-25(31)23-11-7-9-19(2)29(23,5)16-21)26-22(18)17-30(6)20(3)10-8-12-24(30)27(26)32/h11-12,15,18-20H,7-10,13-14,16-17H2,1-6H3. The lowest BCUT2D eigenvalue weighted by Gasteiger charge is -2.53. The number of fused-ring (bicyclic) bond motifs is 2. The van der Waals surface area contributed by atoms with E-state index < -0.39 is 0 Å². The predicted molar refractivity (Wildman–Crippen MR) is 130 cm³/mol. The molecule has 0 aliphatic heterocycles. The summed E-state index contributed by atoms with van der Waals surface area (Å²) < 4.78 is 0. The molecule has 6 atom stereocenters. The fraction of sp³-hybridized carbons (Fsp3) is 0.667. The summed E-state index contributed by atoms with van der Waals surface area (Å²) >= 11 is 0. The van der Waals surface area contributed by atoms with Crippen LogP contribution in [0.4, 0.5) is 0 Å². The topological polar surface area (TPSA) is 34.1 Å². The minimum atomic E-state index is -0.316. The maximum absolute atomic E-state index is 14.2. The Morgan fingerprint density at radius 2 is 1.41 bits per heavy atom. The van der Waals surface area contributed by atoms with Gasteiger partial charge in [0.1, 0.15) is 0 Å². The Bertz CT molecular complexity index is 1020. The first-order valence-electron chi connectivity index (χ1n) is 13.0. The number of carbonyl (C=O) groups is 2. The van der Waals surface area contributed by atoms with Gasteiger partial charge in [0, 0.05) is 33.0 Å². The molecular formula is C30H40O2. The summed E-state index contributed by atoms with van der Waals surface area (Å²) in [6, 6.07) is 0. The SMILES string of the molecule is CC1CCC(C)(C2=CC(=O)C3=CCCC(C)C3(C)C2)C2=C1CC1(C)C(=CCCC1C)C2=O. The lowest BCUT2D eigenvalue weighted by atomic mass is 9.50. The summed E-state index contributed by atoms with van der Waals surface area (Å²) in [7, 11) is 0. The summed E-state index contributed by atoms with van der Waals surface area (Å²) in [5.41, 5.74) is 5.32. The summed E-state index contributed by atoms with van der Waals surface area (Å²) in [5, 5.41) is 0. The van der Waals surface area contributed by atoms with E-state index in [1.165, 1.54) is 17.6 Å². The number of rotatable bonds is 1. The third-order valence-corrected chi connectivity index (χ3v) is 10.7. The second kappa shape index (κ2) is 7.15. The minimum Gasteiger partial charge on any atom is -0.290 e. The molecule has 0 spiro atoms. The molecule has 0 radical (unpaired) electrons. The highest BCUT2D eigenvalue weighted by molar-refractivity contribution is 6.13. The van der Waals surface area contributed by atoms with Crippen LogP contribution < -0.4 is 0 Å². The van der Waals surface area contributed by atoms with Gasteiger partial charge in [-0.1, -0.05) is 64.8 Å². The van der Waals surface area contributed by atoms with Crippen molar-refractivity contribution in [3.63, 3.8) is 0 Å². The van der Waals surface area contributed by atoms with Crippen LogP contribution in [0.3, 0.4) is 0 Å². The maximum Gasteiger partial charge on any atom is 0.186 e. The van der Waals surface area contributed by atoms with E-state index in [-0.39, 0.29) is 22.0 Å². The number of carbonyl (C=O) groups excluding carboxylic acids is 2. The molecule has 0 heterocycles. The van der Waals surface area contributed by atoms with Gasteiger partial charge in [0.15, 0.2) is 11.6 Å². The van der Waals surface area contributed by atoms with Crippen LogP contribution in [-0.4, -0.2) is 11.6 Å². The van der Waals surface area contributed by atoms with Gasteiger partial charge in [-0.3, -0.25) is 9.59 Å². The van der Waals surface area contributed by atoms with E-state index in [0.717, 1.165) is 61.7 Å². The summed E-state index contributed by atoms with van der Waals surface area (Å²) in [5.74, 6) is 1.97. The van der Waals surface area contributed by atoms with Crippen LogP contribution in [-0.2, 0) is 9.59 Å². The van der Waals surface area contributed by atoms with Crippen LogP contribution in [0.5, 0.6) is 0 Å². The fourth-order valence-electron chi connectivity index (χ4n) is 7.82. The zero-order chi connectivity index (χ0) is 23.1. The molecule has 0 saturated carbocycles. The molecule has 2 nitrogen and oxygen atoms in total. The van der Waals surface area contributed by atoms with Crippen molar-refractivity contribution >= 4 is 11.6 Å². The van der Waals surface area contributed by atoms with E-state index in [9.17, 15) is 9.59 Å². The Morgan fingerprint density at radius 1 is 0.812 bits per heavy atom. The van der Waals surface area contributed by atoms with Crippen molar-refractivity contribution in [3.05, 3.63) is 46.1 Å². The zero-order valence-electron chi connectivity index (χ0n) is 20.9. The molecule has 2 heteroatoms. The van der Waals surface area contributed by atoms with E-state index in [1.807, 2.05) is 6.08 Å². The Kier molecular flexibility index (Phi) is 4.94. The van der Waals surface area contributed by atoms with E-state index in [4.69, 9.17) is 0 Å². The van der Waals surface area contributed by atoms with Crippen molar-refractivity contribution in [2.45, 2.75) is 92.9 Å². The molecule has 6 unspecified atom stereocenters. The Morgan fingerprint density at radius 3 is 2.06 bits per heavy atom. The van der Waals surface area contributed by atoms with Crippen molar-refractivity contribution in [2.75, 3.05) is 0 Å². The Hall–Kier alpha value is -1.70. The van der Waals surface area contributed by atoms with Gasteiger partial charge in [-0.15, -0.1) is 0 Å². The van der Waals surface area contributed by atoms with E-state index in [1.54, 1.807) is 0 Å². The van der Waals surface area contributed by atoms with Gasteiger partial charge in [0.2, 0.25) is 0 Å². The van der Waals surface area contributed by atoms with Crippen molar-refractivity contribution in [1.29, 1.82) is 0 Å². The molecule has 0 aromatic heterocycles. The molecule has 0 bridgehead atoms. The quantitative estimate of drug-likeness (QED) is 0.435. The first-order valence-corrected chi connectivity index (χ1v) is 13.0. The molecule has 5 aliphatic carbocycles. The Labute approximate surface area is 194 Å². The first kappa shape index (κ1) is 22.1. The highest BCUT2D eigenvalue weighted by atomic mass is 16.1. The smallest absolute Gasteiger partial charge is 0.186 e. The molecule has 0 amide bonds. The van der Waals surface area contributed by atoms with Gasteiger partial charge >= 0.3 is 0 Å². The van der Waals surface area contributed by atoms with Gasteiger partial charge in [-0.25, -0.2) is 0 Å². The first-order chi connectivity index (χ1) is 15.0. The van der Waals surface area contributed by atoms with E-state index >= 15 is 0 Å². The highest BCUT2D eigenvalue weighted by Gasteiger charge is 2.54. The predicted octanol–water partition coefficient (Wildman–Crippen LogP) is 7.32. The summed E-state index contributed by atoms with van der Waals surface area (Å²) in [6.07, 6.45) is 14.7. The van der Waals surface area contributed by atoms with Crippen molar-refractivity contribution in [1.82, 2.24) is 0 Å². The number of hydrogen-bond donors (Lipinski definition) is 0. The van der Waals surface area contributed by atoms with Crippen LogP contribution in [0.1, 0.15) is 92.9 Å². The molecule has 5 rings (SSSR count). The largest absolute Gasteiger partial charge is 0.290 e. The van der Waals surface area contributed by atoms with Gasteiger partial charge in [-0.2, -0.15) is 0 Å². The third-order valence-electron chi connectivity index (χ3n) is 10.7. The number of Topliss-reactive ketones (excluding diaryl/α,β-unsaturated/α-hetero) is 1. The number of hydrogen-bond acceptors (Lipinski definition) is 2. The van der Waals surface area contributed by atoms with Gasteiger partial charge < -0.3 is 0 Å². The number of allylic oxidation sites excluding steroid dienone is 8. The highest BCUT2D eigenvalue weighted by Crippen LogP contribution is 2.62. The van der Waals surface area contributed by atoms with Crippen molar-refractivity contribution in [2.24, 2.45) is 34.0 Å². The van der Waals surface area contributed by atoms with Crippen LogP contribution in [0.2, 0.25) is 0 Å². The second-order valence-corrected chi connectivity index (χ2v) is 12.4. The molecule has 0 fully saturated rings. The number of ketones is 2. The summed E-state index contributed by atoms with van der Waals surface area (Å²) in [4.78, 5) is 27.6. The van der Waals surface area contributed by atoms with Crippen molar-refractivity contribution in [3.8, 4) is 0 Å². The van der Waals surface area contributed by atoms with Crippen LogP contribution in [0, 0.1) is 34.0 Å². The van der Waals surface area contributed by atoms with Gasteiger partial charge in [-0.05, 0) is 75.2 Å². The minimum absolute atomic E-state index is 0.0305. The van der Waals surface area contributed by atoms with Crippen LogP contribution in [0.15, 0.2) is 46.1 Å². The maximum atomic E-state index is 14.2. The summed E-state index contributed by atoms with van der Waals surface area (Å²) in [6.45, 7) is 13.9. The molecule has 5 aliphatic rings. The average Bonchev–Trinajstić information content (AvgIpc) is 2.73. The molecule has 0 saturated heterocycles. The lowest BCUT2D eigenvalue weighted by Crippen LogP contribution is -2.47. The molecular weight excluding hydrogens is 392 g/mol. The lowest BCUT2D eigenvalue weighted by molar-refractivity contribution is -0.116. The molecule has 32 heavy (non-hydrogen) atoms. The van der Waals surface area contributed by atoms with E-state index in [2.05, 4.69) is 53.7 Å². The molecule has 0 N–H and O–H groups in total. The molecule has 0 aromatic carbocycles. The fourth-order valence-corrected chi connectivity index (χ4v) is 7.82. The Balaban J connectivity index is 1.65. The molecule has 0 aromatic rings. The average molecular weight is 433 g/mol. The van der Waals surface area contributed by atoms with Gasteiger partial charge in [0.05, 0.1) is 0 Å². The van der Waals surface area contributed by atoms with E-state index in [0.29, 0.717) is 23.5 Å². The monoisotopic (exact) mass is 432 g/mol. The zero-order valence-corrected chi connectivity index (χ0v) is 20.9. The molecule has 172 valence electrons.